The van der Waals surface area contributed by atoms with Crippen LogP contribution in [0.15, 0.2) is 24.3 Å². The largest absolute Gasteiger partial charge is 0.381 e. The van der Waals surface area contributed by atoms with Gasteiger partial charge in [0, 0.05) is 26.3 Å². The molecule has 20 heavy (non-hydrogen) atoms. The maximum Gasteiger partial charge on any atom is 0.237 e. The van der Waals surface area contributed by atoms with Crippen LogP contribution in [-0.4, -0.2) is 31.7 Å². The summed E-state index contributed by atoms with van der Waals surface area (Å²) in [6.45, 7) is 3.27. The third-order valence-electron chi connectivity index (χ3n) is 4.27. The van der Waals surface area contributed by atoms with Crippen LogP contribution >= 0.6 is 0 Å². The Morgan fingerprint density at radius 2 is 2.20 bits per heavy atom. The summed E-state index contributed by atoms with van der Waals surface area (Å²) in [5.41, 5.74) is 2.59. The highest BCUT2D eigenvalue weighted by Crippen LogP contribution is 2.17. The molecule has 2 atom stereocenters. The highest BCUT2D eigenvalue weighted by Gasteiger charge is 2.24. The van der Waals surface area contributed by atoms with Gasteiger partial charge in [0.2, 0.25) is 5.91 Å². The van der Waals surface area contributed by atoms with E-state index in [2.05, 4.69) is 22.8 Å². The first-order chi connectivity index (χ1) is 9.83. The number of hydrogen-bond acceptors (Lipinski definition) is 3. The van der Waals surface area contributed by atoms with Gasteiger partial charge in [0.25, 0.3) is 0 Å². The Morgan fingerprint density at radius 3 is 3.00 bits per heavy atom. The molecule has 2 heterocycles. The van der Waals surface area contributed by atoms with Crippen molar-refractivity contribution in [1.29, 1.82) is 0 Å². The van der Waals surface area contributed by atoms with E-state index in [4.69, 9.17) is 4.74 Å². The van der Waals surface area contributed by atoms with Crippen molar-refractivity contribution >= 4 is 5.91 Å². The van der Waals surface area contributed by atoms with Crippen molar-refractivity contribution < 1.29 is 9.53 Å². The molecule has 1 unspecified atom stereocenters. The molecular formula is C16H22N2O2. The second-order valence-corrected chi connectivity index (χ2v) is 5.72. The van der Waals surface area contributed by atoms with Crippen molar-refractivity contribution in [3.05, 3.63) is 35.4 Å². The van der Waals surface area contributed by atoms with E-state index in [9.17, 15) is 4.79 Å². The van der Waals surface area contributed by atoms with E-state index >= 15 is 0 Å². The van der Waals surface area contributed by atoms with Crippen LogP contribution in [0.3, 0.4) is 0 Å². The van der Waals surface area contributed by atoms with Crippen molar-refractivity contribution in [3.8, 4) is 0 Å². The summed E-state index contributed by atoms with van der Waals surface area (Å²) in [7, 11) is 0. The average Bonchev–Trinajstić information content (AvgIpc) is 3.00. The Bertz CT molecular complexity index is 469. The molecule has 108 valence electrons. The van der Waals surface area contributed by atoms with Gasteiger partial charge in [-0.25, -0.2) is 0 Å². The van der Waals surface area contributed by atoms with Crippen LogP contribution in [0, 0.1) is 5.92 Å². The van der Waals surface area contributed by atoms with Crippen molar-refractivity contribution in [2.75, 3.05) is 19.8 Å². The smallest absolute Gasteiger partial charge is 0.237 e. The maximum atomic E-state index is 12.2. The van der Waals surface area contributed by atoms with Crippen LogP contribution in [0.5, 0.6) is 0 Å². The zero-order chi connectivity index (χ0) is 13.8. The lowest BCUT2D eigenvalue weighted by Gasteiger charge is -2.25. The highest BCUT2D eigenvalue weighted by molar-refractivity contribution is 5.82. The summed E-state index contributed by atoms with van der Waals surface area (Å²) < 4.78 is 5.34. The first kappa shape index (κ1) is 13.6. The Labute approximate surface area is 119 Å². The second-order valence-electron chi connectivity index (χ2n) is 5.72. The monoisotopic (exact) mass is 274 g/mol. The molecule has 1 fully saturated rings. The number of benzene rings is 1. The number of hydrogen-bond donors (Lipinski definition) is 2. The lowest BCUT2D eigenvalue weighted by molar-refractivity contribution is -0.123. The summed E-state index contributed by atoms with van der Waals surface area (Å²) in [5, 5.41) is 6.37. The molecule has 0 spiro atoms. The lowest BCUT2D eigenvalue weighted by atomic mass is 9.95. The Balaban J connectivity index is 1.46. The van der Waals surface area contributed by atoms with Crippen molar-refractivity contribution in [1.82, 2.24) is 10.6 Å². The van der Waals surface area contributed by atoms with Gasteiger partial charge in [-0.05, 0) is 36.3 Å². The number of rotatable bonds is 4. The first-order valence-electron chi connectivity index (χ1n) is 7.48. The Morgan fingerprint density at radius 1 is 1.35 bits per heavy atom. The SMILES string of the molecule is O=C(NCCC1CCOC1)[C@@H]1Cc2ccccc2CN1. The molecule has 0 saturated carbocycles. The summed E-state index contributed by atoms with van der Waals surface area (Å²) in [5.74, 6) is 0.744. The van der Waals surface area contributed by atoms with E-state index in [1.54, 1.807) is 0 Å². The maximum absolute atomic E-state index is 12.2. The molecular weight excluding hydrogens is 252 g/mol. The zero-order valence-corrected chi connectivity index (χ0v) is 11.7. The van der Waals surface area contributed by atoms with Crippen molar-refractivity contribution in [2.45, 2.75) is 31.8 Å². The van der Waals surface area contributed by atoms with Gasteiger partial charge in [-0.1, -0.05) is 24.3 Å². The highest BCUT2D eigenvalue weighted by atomic mass is 16.5. The molecule has 1 aromatic carbocycles. The number of carbonyl (C=O) groups is 1. The van der Waals surface area contributed by atoms with Crippen LogP contribution in [-0.2, 0) is 22.5 Å². The van der Waals surface area contributed by atoms with E-state index < -0.39 is 0 Å². The predicted molar refractivity (Wildman–Crippen MR) is 77.3 cm³/mol. The quantitative estimate of drug-likeness (QED) is 0.868. The molecule has 0 bridgehead atoms. The van der Waals surface area contributed by atoms with E-state index in [1.165, 1.54) is 11.1 Å². The number of ether oxygens (including phenoxy) is 1. The molecule has 1 aromatic rings. The van der Waals surface area contributed by atoms with E-state index in [0.29, 0.717) is 5.92 Å². The number of fused-ring (bicyclic) bond motifs is 1. The normalized spacial score (nSPS) is 25.2. The molecule has 4 nitrogen and oxygen atoms in total. The Kier molecular flexibility index (Phi) is 4.33. The van der Waals surface area contributed by atoms with Crippen molar-refractivity contribution in [3.63, 3.8) is 0 Å². The number of amides is 1. The summed E-state index contributed by atoms with van der Waals surface area (Å²) in [6, 6.07) is 8.23. The fourth-order valence-electron chi connectivity index (χ4n) is 2.97. The van der Waals surface area contributed by atoms with Crippen molar-refractivity contribution in [2.24, 2.45) is 5.92 Å². The van der Waals surface area contributed by atoms with E-state index in [0.717, 1.165) is 45.6 Å². The third kappa shape index (κ3) is 3.19. The minimum absolute atomic E-state index is 0.0928. The summed E-state index contributed by atoms with van der Waals surface area (Å²) >= 11 is 0. The molecule has 3 rings (SSSR count). The minimum Gasteiger partial charge on any atom is -0.381 e. The van der Waals surface area contributed by atoms with E-state index in [1.807, 2.05) is 12.1 Å². The first-order valence-corrected chi connectivity index (χ1v) is 7.48. The standard InChI is InChI=1S/C16H22N2O2/c19-16(17-7-5-12-6-8-20-11-12)15-9-13-3-1-2-4-14(13)10-18-15/h1-4,12,15,18H,5-11H2,(H,17,19)/t12?,15-/m0/s1. The molecule has 2 aliphatic rings. The molecule has 0 radical (unpaired) electrons. The molecule has 1 saturated heterocycles. The van der Waals surface area contributed by atoms with Crippen LogP contribution in [0.25, 0.3) is 0 Å². The average molecular weight is 274 g/mol. The molecule has 1 amide bonds. The van der Waals surface area contributed by atoms with Gasteiger partial charge < -0.3 is 15.4 Å². The molecule has 4 heteroatoms. The van der Waals surface area contributed by atoms with Crippen LogP contribution in [0.4, 0.5) is 0 Å². The fourth-order valence-corrected chi connectivity index (χ4v) is 2.97. The molecule has 0 aromatic heterocycles. The molecule has 2 aliphatic heterocycles. The van der Waals surface area contributed by atoms with Crippen LogP contribution in [0.2, 0.25) is 0 Å². The zero-order valence-electron chi connectivity index (χ0n) is 11.7. The summed E-state index contributed by atoms with van der Waals surface area (Å²) in [6.07, 6.45) is 2.94. The predicted octanol–water partition coefficient (Wildman–Crippen LogP) is 1.24. The number of nitrogens with one attached hydrogen (secondary N) is 2. The minimum atomic E-state index is -0.0928. The number of carbonyl (C=O) groups excluding carboxylic acids is 1. The lowest BCUT2D eigenvalue weighted by Crippen LogP contribution is -2.48. The van der Waals surface area contributed by atoms with Crippen LogP contribution < -0.4 is 10.6 Å². The van der Waals surface area contributed by atoms with Gasteiger partial charge in [-0.2, -0.15) is 0 Å². The third-order valence-corrected chi connectivity index (χ3v) is 4.27. The topological polar surface area (TPSA) is 50.4 Å². The molecule has 0 aliphatic carbocycles. The second kappa shape index (κ2) is 6.37. The van der Waals surface area contributed by atoms with Gasteiger partial charge in [-0.15, -0.1) is 0 Å². The van der Waals surface area contributed by atoms with Gasteiger partial charge in [0.05, 0.1) is 6.04 Å². The fraction of sp³-hybridized carbons (Fsp3) is 0.562. The molecule has 2 N–H and O–H groups in total. The van der Waals surface area contributed by atoms with Crippen LogP contribution in [0.1, 0.15) is 24.0 Å². The van der Waals surface area contributed by atoms with E-state index in [-0.39, 0.29) is 11.9 Å². The Hall–Kier alpha value is -1.39. The summed E-state index contributed by atoms with van der Waals surface area (Å²) in [4.78, 5) is 12.2. The van der Waals surface area contributed by atoms with Gasteiger partial charge in [0.15, 0.2) is 0 Å². The van der Waals surface area contributed by atoms with Gasteiger partial charge >= 0.3 is 0 Å². The van der Waals surface area contributed by atoms with Gasteiger partial charge in [0.1, 0.15) is 0 Å². The van der Waals surface area contributed by atoms with Gasteiger partial charge in [-0.3, -0.25) is 4.79 Å².